The molecule has 1 nitrogen and oxygen atoms in total. The molecular weight excluding hydrogens is 182 g/mol. The van der Waals surface area contributed by atoms with Crippen LogP contribution in [0, 0.1) is 13.0 Å². The smallest absolute Gasteiger partial charge is 0.0551 e. The number of hydrogen-bond donors (Lipinski definition) is 1. The SMILES string of the molecule is Cc1[c]ccc(C(N)c2ccccc2)c1. The topological polar surface area (TPSA) is 26.0 Å². The third-order valence-electron chi connectivity index (χ3n) is 2.49. The standard InChI is InChI=1S/C14H14N/c1-11-6-5-9-13(10-11)14(15)12-7-3-2-4-8-12/h2-5,7-10,14H,15H2,1H3. The molecule has 0 bridgehead atoms. The summed E-state index contributed by atoms with van der Waals surface area (Å²) in [4.78, 5) is 0. The van der Waals surface area contributed by atoms with E-state index in [4.69, 9.17) is 5.73 Å². The molecule has 2 N–H and O–H groups in total. The minimum atomic E-state index is -0.0421. The van der Waals surface area contributed by atoms with E-state index < -0.39 is 0 Å². The molecule has 15 heavy (non-hydrogen) atoms. The average Bonchev–Trinajstić information content (AvgIpc) is 2.29. The van der Waals surface area contributed by atoms with Gasteiger partial charge in [0.1, 0.15) is 0 Å². The summed E-state index contributed by atoms with van der Waals surface area (Å²) >= 11 is 0. The predicted molar refractivity (Wildman–Crippen MR) is 62.5 cm³/mol. The minimum Gasteiger partial charge on any atom is -0.320 e. The van der Waals surface area contributed by atoms with Crippen LogP contribution >= 0.6 is 0 Å². The van der Waals surface area contributed by atoms with E-state index >= 15 is 0 Å². The van der Waals surface area contributed by atoms with Gasteiger partial charge < -0.3 is 5.73 Å². The monoisotopic (exact) mass is 196 g/mol. The van der Waals surface area contributed by atoms with Gasteiger partial charge in [-0.2, -0.15) is 0 Å². The van der Waals surface area contributed by atoms with E-state index in [-0.39, 0.29) is 6.04 Å². The van der Waals surface area contributed by atoms with Gasteiger partial charge in [-0.25, -0.2) is 0 Å². The number of aryl methyl sites for hydroxylation is 1. The summed E-state index contributed by atoms with van der Waals surface area (Å²) < 4.78 is 0. The summed E-state index contributed by atoms with van der Waals surface area (Å²) in [7, 11) is 0. The van der Waals surface area contributed by atoms with Crippen LogP contribution in [0.1, 0.15) is 22.7 Å². The molecule has 1 atom stereocenters. The van der Waals surface area contributed by atoms with E-state index in [0.717, 1.165) is 16.7 Å². The molecule has 0 saturated heterocycles. The Hall–Kier alpha value is -1.60. The first-order valence-electron chi connectivity index (χ1n) is 5.06. The maximum Gasteiger partial charge on any atom is 0.0551 e. The fourth-order valence-corrected chi connectivity index (χ4v) is 1.66. The summed E-state index contributed by atoms with van der Waals surface area (Å²) in [6.45, 7) is 2.03. The van der Waals surface area contributed by atoms with Crippen LogP contribution < -0.4 is 5.73 Å². The third kappa shape index (κ3) is 2.25. The summed E-state index contributed by atoms with van der Waals surface area (Å²) in [5.74, 6) is 0. The highest BCUT2D eigenvalue weighted by Gasteiger charge is 2.07. The van der Waals surface area contributed by atoms with Gasteiger partial charge in [-0.3, -0.25) is 0 Å². The van der Waals surface area contributed by atoms with E-state index in [1.165, 1.54) is 0 Å². The molecule has 2 aromatic rings. The maximum absolute atomic E-state index is 6.17. The molecule has 0 amide bonds. The molecule has 0 aromatic heterocycles. The number of benzene rings is 2. The van der Waals surface area contributed by atoms with E-state index in [9.17, 15) is 0 Å². The van der Waals surface area contributed by atoms with E-state index in [1.54, 1.807) is 0 Å². The number of hydrogen-bond acceptors (Lipinski definition) is 1. The molecule has 2 aromatic carbocycles. The molecule has 1 unspecified atom stereocenters. The second-order valence-corrected chi connectivity index (χ2v) is 3.69. The van der Waals surface area contributed by atoms with Crippen molar-refractivity contribution in [2.45, 2.75) is 13.0 Å². The second kappa shape index (κ2) is 4.28. The summed E-state index contributed by atoms with van der Waals surface area (Å²) in [6.07, 6.45) is 0. The molecule has 0 saturated carbocycles. The van der Waals surface area contributed by atoms with Crippen LogP contribution in [0.3, 0.4) is 0 Å². The highest BCUT2D eigenvalue weighted by atomic mass is 14.6. The lowest BCUT2D eigenvalue weighted by Crippen LogP contribution is -2.11. The first-order chi connectivity index (χ1) is 7.27. The van der Waals surface area contributed by atoms with Gasteiger partial charge in [0.2, 0.25) is 0 Å². The van der Waals surface area contributed by atoms with Gasteiger partial charge in [0, 0.05) is 0 Å². The molecule has 1 heteroatoms. The Morgan fingerprint density at radius 1 is 1.07 bits per heavy atom. The Morgan fingerprint density at radius 2 is 1.80 bits per heavy atom. The van der Waals surface area contributed by atoms with Gasteiger partial charge in [0.15, 0.2) is 0 Å². The van der Waals surface area contributed by atoms with Crippen LogP contribution in [0.25, 0.3) is 0 Å². The molecule has 0 heterocycles. The fraction of sp³-hybridized carbons (Fsp3) is 0.143. The minimum absolute atomic E-state index is 0.0421. The van der Waals surface area contributed by atoms with Gasteiger partial charge in [-0.1, -0.05) is 48.5 Å². The quantitative estimate of drug-likeness (QED) is 0.785. The Bertz CT molecular complexity index is 434. The molecule has 0 aliphatic carbocycles. The average molecular weight is 196 g/mol. The van der Waals surface area contributed by atoms with Gasteiger partial charge >= 0.3 is 0 Å². The van der Waals surface area contributed by atoms with Gasteiger partial charge in [-0.15, -0.1) is 0 Å². The third-order valence-corrected chi connectivity index (χ3v) is 2.49. The second-order valence-electron chi connectivity index (χ2n) is 3.69. The van der Waals surface area contributed by atoms with Crippen molar-refractivity contribution >= 4 is 0 Å². The maximum atomic E-state index is 6.17. The highest BCUT2D eigenvalue weighted by molar-refractivity contribution is 5.32. The molecule has 0 aliphatic rings. The van der Waals surface area contributed by atoms with Crippen molar-refractivity contribution in [1.82, 2.24) is 0 Å². The molecular formula is C14H14N. The Morgan fingerprint density at radius 3 is 2.47 bits per heavy atom. The van der Waals surface area contributed by atoms with Gasteiger partial charge in [0.05, 0.1) is 6.04 Å². The van der Waals surface area contributed by atoms with E-state index in [2.05, 4.69) is 24.3 Å². The zero-order chi connectivity index (χ0) is 10.7. The van der Waals surface area contributed by atoms with Crippen molar-refractivity contribution in [2.75, 3.05) is 0 Å². The normalized spacial score (nSPS) is 12.4. The first kappa shape index (κ1) is 9.94. The lowest BCUT2D eigenvalue weighted by molar-refractivity contribution is 0.869. The number of nitrogens with two attached hydrogens (primary N) is 1. The van der Waals surface area contributed by atoms with Crippen molar-refractivity contribution in [1.29, 1.82) is 0 Å². The van der Waals surface area contributed by atoms with Crippen LogP contribution in [0.2, 0.25) is 0 Å². The zero-order valence-electron chi connectivity index (χ0n) is 8.77. The zero-order valence-corrected chi connectivity index (χ0v) is 8.77. The van der Waals surface area contributed by atoms with Gasteiger partial charge in [0.25, 0.3) is 0 Å². The van der Waals surface area contributed by atoms with Crippen LogP contribution in [0.15, 0.2) is 48.5 Å². The van der Waals surface area contributed by atoms with Crippen LogP contribution in [0.4, 0.5) is 0 Å². The van der Waals surface area contributed by atoms with Crippen LogP contribution in [-0.4, -0.2) is 0 Å². The highest BCUT2D eigenvalue weighted by Crippen LogP contribution is 2.19. The Kier molecular flexibility index (Phi) is 2.84. The largest absolute Gasteiger partial charge is 0.320 e. The first-order valence-corrected chi connectivity index (χ1v) is 5.06. The summed E-state index contributed by atoms with van der Waals surface area (Å²) in [5, 5.41) is 0. The van der Waals surface area contributed by atoms with E-state index in [1.807, 2.05) is 37.3 Å². The van der Waals surface area contributed by atoms with Crippen molar-refractivity contribution in [2.24, 2.45) is 5.73 Å². The predicted octanol–water partition coefficient (Wildman–Crippen LogP) is 2.84. The molecule has 75 valence electrons. The Labute approximate surface area is 90.6 Å². The Balaban J connectivity index is 2.32. The molecule has 2 rings (SSSR count). The van der Waals surface area contributed by atoms with Crippen molar-refractivity contribution in [3.63, 3.8) is 0 Å². The van der Waals surface area contributed by atoms with Crippen molar-refractivity contribution in [3.8, 4) is 0 Å². The number of rotatable bonds is 2. The lowest BCUT2D eigenvalue weighted by atomic mass is 9.98. The summed E-state index contributed by atoms with van der Waals surface area (Å²) in [5.41, 5.74) is 9.57. The summed E-state index contributed by atoms with van der Waals surface area (Å²) in [6, 6.07) is 19.2. The molecule has 0 fully saturated rings. The lowest BCUT2D eigenvalue weighted by Gasteiger charge is -2.12. The van der Waals surface area contributed by atoms with Gasteiger partial charge in [-0.05, 0) is 29.7 Å². The molecule has 0 aliphatic heterocycles. The van der Waals surface area contributed by atoms with E-state index in [0.29, 0.717) is 0 Å². The molecule has 1 radical (unpaired) electrons. The van der Waals surface area contributed by atoms with Crippen molar-refractivity contribution in [3.05, 3.63) is 71.3 Å². The van der Waals surface area contributed by atoms with Crippen LogP contribution in [-0.2, 0) is 0 Å². The van der Waals surface area contributed by atoms with Crippen LogP contribution in [0.5, 0.6) is 0 Å². The van der Waals surface area contributed by atoms with Crippen molar-refractivity contribution < 1.29 is 0 Å². The molecule has 0 spiro atoms. The fourth-order valence-electron chi connectivity index (χ4n) is 1.66.